The Bertz CT molecular complexity index is 504. The number of nitrogens with zero attached hydrogens (tertiary/aromatic N) is 1. The molecule has 2 amide bonds. The van der Waals surface area contributed by atoms with Gasteiger partial charge >= 0.3 is 12.0 Å². The van der Waals surface area contributed by atoms with E-state index in [1.54, 1.807) is 36.3 Å². The van der Waals surface area contributed by atoms with E-state index in [0.717, 1.165) is 0 Å². The smallest absolute Gasteiger partial charge is 0.321 e. The van der Waals surface area contributed by atoms with E-state index in [1.807, 2.05) is 0 Å². The standard InChI is InChI=1S/C14H18N2O4/c1-20-12-6-2-5-11(8-12)15-14(19)16-7-3-4-10(9-16)13(17)18/h2,5-6,8,10H,3-4,7,9H2,1H3,(H,15,19)(H,17,18)/t10-/m0/s1. The van der Waals surface area contributed by atoms with Gasteiger partial charge in [0.05, 0.1) is 13.0 Å². The summed E-state index contributed by atoms with van der Waals surface area (Å²) in [5, 5.41) is 11.8. The van der Waals surface area contributed by atoms with Crippen molar-refractivity contribution in [2.24, 2.45) is 5.92 Å². The van der Waals surface area contributed by atoms with Gasteiger partial charge in [-0.25, -0.2) is 4.79 Å². The maximum absolute atomic E-state index is 12.1. The number of methoxy groups -OCH3 is 1. The lowest BCUT2D eigenvalue weighted by atomic mass is 9.99. The molecule has 0 bridgehead atoms. The zero-order valence-electron chi connectivity index (χ0n) is 11.3. The highest BCUT2D eigenvalue weighted by Crippen LogP contribution is 2.20. The molecule has 0 saturated carbocycles. The molecule has 1 fully saturated rings. The van der Waals surface area contributed by atoms with Crippen LogP contribution in [-0.2, 0) is 4.79 Å². The summed E-state index contributed by atoms with van der Waals surface area (Å²) >= 11 is 0. The van der Waals surface area contributed by atoms with Crippen LogP contribution in [-0.4, -0.2) is 42.2 Å². The van der Waals surface area contributed by atoms with Crippen LogP contribution in [0.15, 0.2) is 24.3 Å². The molecular weight excluding hydrogens is 260 g/mol. The first kappa shape index (κ1) is 14.2. The van der Waals surface area contributed by atoms with Crippen LogP contribution in [0.25, 0.3) is 0 Å². The monoisotopic (exact) mass is 278 g/mol. The quantitative estimate of drug-likeness (QED) is 0.886. The highest BCUT2D eigenvalue weighted by molar-refractivity contribution is 5.90. The molecule has 6 nitrogen and oxygen atoms in total. The third-order valence-electron chi connectivity index (χ3n) is 3.38. The normalized spacial score (nSPS) is 18.4. The molecule has 108 valence electrons. The number of carboxylic acids is 1. The van der Waals surface area contributed by atoms with Crippen LogP contribution in [0.3, 0.4) is 0 Å². The van der Waals surface area contributed by atoms with Gasteiger partial charge in [0, 0.05) is 24.8 Å². The molecule has 0 aliphatic carbocycles. The summed E-state index contributed by atoms with van der Waals surface area (Å²) in [7, 11) is 1.56. The molecule has 6 heteroatoms. The van der Waals surface area contributed by atoms with Gasteiger partial charge in [0.1, 0.15) is 5.75 Å². The first-order valence-electron chi connectivity index (χ1n) is 6.53. The van der Waals surface area contributed by atoms with E-state index < -0.39 is 11.9 Å². The predicted molar refractivity (Wildman–Crippen MR) is 73.9 cm³/mol. The highest BCUT2D eigenvalue weighted by atomic mass is 16.5. The number of benzene rings is 1. The van der Waals surface area contributed by atoms with Gasteiger partial charge in [0.15, 0.2) is 0 Å². The number of rotatable bonds is 3. The Morgan fingerprint density at radius 3 is 2.95 bits per heavy atom. The minimum absolute atomic E-state index is 0.255. The Morgan fingerprint density at radius 2 is 2.25 bits per heavy atom. The first-order valence-corrected chi connectivity index (χ1v) is 6.53. The molecular formula is C14H18N2O4. The summed E-state index contributed by atoms with van der Waals surface area (Å²) in [5.41, 5.74) is 0.631. The second-order valence-electron chi connectivity index (χ2n) is 4.79. The van der Waals surface area contributed by atoms with E-state index >= 15 is 0 Å². The van der Waals surface area contributed by atoms with Crippen LogP contribution >= 0.6 is 0 Å². The van der Waals surface area contributed by atoms with Crippen LogP contribution in [0.5, 0.6) is 5.75 Å². The molecule has 1 atom stereocenters. The zero-order valence-corrected chi connectivity index (χ0v) is 11.3. The lowest BCUT2D eigenvalue weighted by Gasteiger charge is -2.30. The topological polar surface area (TPSA) is 78.9 Å². The van der Waals surface area contributed by atoms with Crippen molar-refractivity contribution in [1.82, 2.24) is 4.90 Å². The number of carbonyl (C=O) groups is 2. The average molecular weight is 278 g/mol. The number of urea groups is 1. The second kappa shape index (κ2) is 6.27. The number of hydrogen-bond donors (Lipinski definition) is 2. The van der Waals surface area contributed by atoms with E-state index in [-0.39, 0.29) is 12.6 Å². The summed E-state index contributed by atoms with van der Waals surface area (Å²) in [4.78, 5) is 24.6. The fraction of sp³-hybridized carbons (Fsp3) is 0.429. The molecule has 1 aliphatic heterocycles. The summed E-state index contributed by atoms with van der Waals surface area (Å²) in [5.74, 6) is -0.659. The van der Waals surface area contributed by atoms with Gasteiger partial charge in [-0.3, -0.25) is 4.79 Å². The molecule has 0 radical (unpaired) electrons. The van der Waals surface area contributed by atoms with Crippen molar-refractivity contribution in [2.45, 2.75) is 12.8 Å². The van der Waals surface area contributed by atoms with E-state index in [0.29, 0.717) is 30.8 Å². The highest BCUT2D eigenvalue weighted by Gasteiger charge is 2.28. The largest absolute Gasteiger partial charge is 0.497 e. The second-order valence-corrected chi connectivity index (χ2v) is 4.79. The number of piperidine rings is 1. The fourth-order valence-electron chi connectivity index (χ4n) is 2.27. The van der Waals surface area contributed by atoms with Crippen molar-refractivity contribution in [3.05, 3.63) is 24.3 Å². The van der Waals surface area contributed by atoms with E-state index in [2.05, 4.69) is 5.32 Å². The summed E-state index contributed by atoms with van der Waals surface area (Å²) in [6.45, 7) is 0.838. The van der Waals surface area contributed by atoms with Crippen LogP contribution in [0.1, 0.15) is 12.8 Å². The molecule has 20 heavy (non-hydrogen) atoms. The number of hydrogen-bond acceptors (Lipinski definition) is 3. The molecule has 1 saturated heterocycles. The number of nitrogens with one attached hydrogen (secondary N) is 1. The molecule has 1 aliphatic rings. The number of ether oxygens (including phenoxy) is 1. The van der Waals surface area contributed by atoms with Gasteiger partial charge in [0.2, 0.25) is 0 Å². The average Bonchev–Trinajstić information content (AvgIpc) is 2.47. The van der Waals surface area contributed by atoms with E-state index in [4.69, 9.17) is 9.84 Å². The van der Waals surface area contributed by atoms with Crippen LogP contribution in [0, 0.1) is 5.92 Å². The number of carbonyl (C=O) groups excluding carboxylic acids is 1. The molecule has 1 aromatic carbocycles. The van der Waals surface area contributed by atoms with Gasteiger partial charge in [-0.2, -0.15) is 0 Å². The Kier molecular flexibility index (Phi) is 4.45. The lowest BCUT2D eigenvalue weighted by Crippen LogP contribution is -2.44. The number of likely N-dealkylation sites (tertiary alicyclic amines) is 1. The third kappa shape index (κ3) is 3.40. The fourth-order valence-corrected chi connectivity index (χ4v) is 2.27. The lowest BCUT2D eigenvalue weighted by molar-refractivity contribution is -0.143. The maximum atomic E-state index is 12.1. The predicted octanol–water partition coefficient (Wildman–Crippen LogP) is 2.02. The van der Waals surface area contributed by atoms with Crippen molar-refractivity contribution >= 4 is 17.7 Å². The van der Waals surface area contributed by atoms with Gasteiger partial charge < -0.3 is 20.1 Å². The van der Waals surface area contributed by atoms with Gasteiger partial charge in [-0.15, -0.1) is 0 Å². The number of anilines is 1. The Morgan fingerprint density at radius 1 is 1.45 bits per heavy atom. The van der Waals surface area contributed by atoms with Gasteiger partial charge in [-0.05, 0) is 25.0 Å². The Hall–Kier alpha value is -2.24. The van der Waals surface area contributed by atoms with Crippen LogP contribution in [0.2, 0.25) is 0 Å². The summed E-state index contributed by atoms with van der Waals surface area (Å²) in [6.07, 6.45) is 1.33. The van der Waals surface area contributed by atoms with Crippen LogP contribution in [0.4, 0.5) is 10.5 Å². The van der Waals surface area contributed by atoms with E-state index in [9.17, 15) is 9.59 Å². The summed E-state index contributed by atoms with van der Waals surface area (Å²) < 4.78 is 5.09. The number of aliphatic carboxylic acids is 1. The van der Waals surface area contributed by atoms with E-state index in [1.165, 1.54) is 0 Å². The minimum Gasteiger partial charge on any atom is -0.497 e. The number of carboxylic acid groups (broad SMARTS) is 1. The molecule has 1 heterocycles. The number of amides is 2. The molecule has 0 aromatic heterocycles. The van der Waals surface area contributed by atoms with Crippen molar-refractivity contribution in [2.75, 3.05) is 25.5 Å². The molecule has 2 N–H and O–H groups in total. The summed E-state index contributed by atoms with van der Waals surface area (Å²) in [6, 6.07) is 6.78. The van der Waals surface area contributed by atoms with Crippen molar-refractivity contribution in [3.63, 3.8) is 0 Å². The molecule has 0 unspecified atom stereocenters. The zero-order chi connectivity index (χ0) is 14.5. The minimum atomic E-state index is -0.844. The SMILES string of the molecule is COc1cccc(NC(=O)N2CCC[C@H](C(=O)O)C2)c1. The third-order valence-corrected chi connectivity index (χ3v) is 3.38. The van der Waals surface area contributed by atoms with Crippen LogP contribution < -0.4 is 10.1 Å². The first-order chi connectivity index (χ1) is 9.60. The van der Waals surface area contributed by atoms with Crippen molar-refractivity contribution in [1.29, 1.82) is 0 Å². The Balaban J connectivity index is 1.98. The van der Waals surface area contributed by atoms with Gasteiger partial charge in [-0.1, -0.05) is 6.07 Å². The Labute approximate surface area is 117 Å². The van der Waals surface area contributed by atoms with Gasteiger partial charge in [0.25, 0.3) is 0 Å². The molecule has 1 aromatic rings. The van der Waals surface area contributed by atoms with Crippen molar-refractivity contribution in [3.8, 4) is 5.75 Å². The molecule has 2 rings (SSSR count). The molecule has 0 spiro atoms. The maximum Gasteiger partial charge on any atom is 0.321 e. The van der Waals surface area contributed by atoms with Crippen molar-refractivity contribution < 1.29 is 19.4 Å².